The first-order valence-electron chi connectivity index (χ1n) is 4.45. The van der Waals surface area contributed by atoms with Gasteiger partial charge in [-0.2, -0.15) is 0 Å². The van der Waals surface area contributed by atoms with Crippen LogP contribution in [0.4, 0.5) is 0 Å². The number of aromatic nitrogens is 1. The summed E-state index contributed by atoms with van der Waals surface area (Å²) in [5, 5.41) is 0. The fourth-order valence-corrected chi connectivity index (χ4v) is 1.08. The Kier molecular flexibility index (Phi) is 4.64. The SMILES string of the molecule is COCCN(C=O)Cc1ccccn1. The van der Waals surface area contributed by atoms with Crippen molar-refractivity contribution in [2.24, 2.45) is 0 Å². The predicted molar refractivity (Wildman–Crippen MR) is 52.6 cm³/mol. The lowest BCUT2D eigenvalue weighted by molar-refractivity contribution is -0.119. The maximum Gasteiger partial charge on any atom is 0.210 e. The number of amides is 1. The highest BCUT2D eigenvalue weighted by Crippen LogP contribution is 1.98. The molecule has 0 saturated carbocycles. The van der Waals surface area contributed by atoms with Gasteiger partial charge in [-0.25, -0.2) is 0 Å². The van der Waals surface area contributed by atoms with Gasteiger partial charge in [-0.15, -0.1) is 0 Å². The number of hydrogen-bond acceptors (Lipinski definition) is 3. The minimum Gasteiger partial charge on any atom is -0.383 e. The van der Waals surface area contributed by atoms with Crippen molar-refractivity contribution in [2.75, 3.05) is 20.3 Å². The summed E-state index contributed by atoms with van der Waals surface area (Å²) >= 11 is 0. The van der Waals surface area contributed by atoms with Crippen LogP contribution in [0.15, 0.2) is 24.4 Å². The van der Waals surface area contributed by atoms with E-state index in [0.717, 1.165) is 12.1 Å². The van der Waals surface area contributed by atoms with Crippen molar-refractivity contribution in [2.45, 2.75) is 6.54 Å². The van der Waals surface area contributed by atoms with E-state index < -0.39 is 0 Å². The van der Waals surface area contributed by atoms with E-state index in [0.29, 0.717) is 19.7 Å². The molecule has 0 aliphatic heterocycles. The van der Waals surface area contributed by atoms with Crippen LogP contribution in [0.5, 0.6) is 0 Å². The zero-order chi connectivity index (χ0) is 10.2. The zero-order valence-corrected chi connectivity index (χ0v) is 8.22. The van der Waals surface area contributed by atoms with Crippen molar-refractivity contribution in [3.8, 4) is 0 Å². The number of hydrogen-bond donors (Lipinski definition) is 0. The lowest BCUT2D eigenvalue weighted by Gasteiger charge is -2.15. The predicted octanol–water partition coefficient (Wildman–Crippen LogP) is 0.686. The molecule has 1 rings (SSSR count). The largest absolute Gasteiger partial charge is 0.383 e. The molecule has 0 spiro atoms. The molecule has 4 heteroatoms. The standard InChI is InChI=1S/C10H14N2O2/c1-14-7-6-12(9-13)8-10-4-2-3-5-11-10/h2-5,9H,6-8H2,1H3. The van der Waals surface area contributed by atoms with Gasteiger partial charge >= 0.3 is 0 Å². The van der Waals surface area contributed by atoms with E-state index in [1.807, 2.05) is 18.2 Å². The van der Waals surface area contributed by atoms with E-state index in [-0.39, 0.29) is 0 Å². The molecule has 1 heterocycles. The van der Waals surface area contributed by atoms with Crippen LogP contribution in [0, 0.1) is 0 Å². The van der Waals surface area contributed by atoms with E-state index in [1.54, 1.807) is 18.2 Å². The van der Waals surface area contributed by atoms with Gasteiger partial charge in [0, 0.05) is 19.9 Å². The van der Waals surface area contributed by atoms with Gasteiger partial charge in [0.15, 0.2) is 0 Å². The number of pyridine rings is 1. The second-order valence-corrected chi connectivity index (χ2v) is 2.89. The fraction of sp³-hybridized carbons (Fsp3) is 0.400. The summed E-state index contributed by atoms with van der Waals surface area (Å²) in [4.78, 5) is 16.4. The van der Waals surface area contributed by atoms with Crippen LogP contribution in [0.1, 0.15) is 5.69 Å². The average molecular weight is 194 g/mol. The molecule has 1 amide bonds. The monoisotopic (exact) mass is 194 g/mol. The number of nitrogens with zero attached hydrogens (tertiary/aromatic N) is 2. The van der Waals surface area contributed by atoms with Crippen molar-refractivity contribution in [3.63, 3.8) is 0 Å². The summed E-state index contributed by atoms with van der Waals surface area (Å²) < 4.78 is 4.89. The second-order valence-electron chi connectivity index (χ2n) is 2.89. The number of ether oxygens (including phenoxy) is 1. The van der Waals surface area contributed by atoms with Crippen LogP contribution in [0.25, 0.3) is 0 Å². The Bertz CT molecular complexity index is 264. The summed E-state index contributed by atoms with van der Waals surface area (Å²) in [6, 6.07) is 5.65. The lowest BCUT2D eigenvalue weighted by Crippen LogP contribution is -2.25. The molecule has 0 atom stereocenters. The molecule has 0 bridgehead atoms. The molecule has 1 aromatic heterocycles. The minimum absolute atomic E-state index is 0.535. The van der Waals surface area contributed by atoms with Crippen molar-refractivity contribution < 1.29 is 9.53 Å². The number of carbonyl (C=O) groups excluding carboxylic acids is 1. The second kappa shape index (κ2) is 6.10. The summed E-state index contributed by atoms with van der Waals surface area (Å²) in [7, 11) is 1.61. The van der Waals surface area contributed by atoms with Crippen LogP contribution in [0.3, 0.4) is 0 Å². The smallest absolute Gasteiger partial charge is 0.210 e. The minimum atomic E-state index is 0.535. The molecule has 0 fully saturated rings. The normalized spacial score (nSPS) is 9.79. The topological polar surface area (TPSA) is 42.4 Å². The van der Waals surface area contributed by atoms with Crippen molar-refractivity contribution >= 4 is 6.41 Å². The highest BCUT2D eigenvalue weighted by atomic mass is 16.5. The third-order valence-electron chi connectivity index (χ3n) is 1.82. The summed E-state index contributed by atoms with van der Waals surface area (Å²) in [6.07, 6.45) is 2.53. The molecule has 0 radical (unpaired) electrons. The van der Waals surface area contributed by atoms with Gasteiger partial charge in [0.2, 0.25) is 6.41 Å². The Labute approximate surface area is 83.5 Å². The Balaban J connectivity index is 2.44. The Morgan fingerprint density at radius 2 is 2.43 bits per heavy atom. The molecule has 4 nitrogen and oxygen atoms in total. The van der Waals surface area contributed by atoms with E-state index in [4.69, 9.17) is 4.74 Å². The van der Waals surface area contributed by atoms with Crippen molar-refractivity contribution in [3.05, 3.63) is 30.1 Å². The summed E-state index contributed by atoms with van der Waals surface area (Å²) in [5.41, 5.74) is 0.885. The third kappa shape index (κ3) is 3.53. The quantitative estimate of drug-likeness (QED) is 0.626. The maximum atomic E-state index is 10.7. The summed E-state index contributed by atoms with van der Waals surface area (Å²) in [5.74, 6) is 0. The molecule has 14 heavy (non-hydrogen) atoms. The van der Waals surface area contributed by atoms with Crippen LogP contribution in [-0.2, 0) is 16.1 Å². The van der Waals surface area contributed by atoms with E-state index in [1.165, 1.54) is 0 Å². The number of carbonyl (C=O) groups is 1. The molecule has 0 aromatic carbocycles. The third-order valence-corrected chi connectivity index (χ3v) is 1.82. The highest BCUT2D eigenvalue weighted by molar-refractivity contribution is 5.47. The highest BCUT2D eigenvalue weighted by Gasteiger charge is 2.02. The molecule has 0 aliphatic carbocycles. The molecule has 0 saturated heterocycles. The van der Waals surface area contributed by atoms with Gasteiger partial charge in [-0.1, -0.05) is 6.07 Å². The van der Waals surface area contributed by atoms with Gasteiger partial charge in [0.25, 0.3) is 0 Å². The molecule has 76 valence electrons. The van der Waals surface area contributed by atoms with E-state index in [9.17, 15) is 4.79 Å². The molecule has 0 unspecified atom stereocenters. The van der Waals surface area contributed by atoms with Crippen LogP contribution in [-0.4, -0.2) is 36.6 Å². The van der Waals surface area contributed by atoms with Crippen LogP contribution >= 0.6 is 0 Å². The summed E-state index contributed by atoms with van der Waals surface area (Å²) in [6.45, 7) is 1.68. The first kappa shape index (κ1) is 10.7. The average Bonchev–Trinajstić information content (AvgIpc) is 2.25. The Morgan fingerprint density at radius 3 is 3.00 bits per heavy atom. The maximum absolute atomic E-state index is 10.7. The van der Waals surface area contributed by atoms with Crippen LogP contribution in [0.2, 0.25) is 0 Å². The first-order chi connectivity index (χ1) is 6.86. The van der Waals surface area contributed by atoms with Gasteiger partial charge in [0.1, 0.15) is 0 Å². The molecule has 1 aromatic rings. The van der Waals surface area contributed by atoms with Gasteiger partial charge in [-0.3, -0.25) is 9.78 Å². The van der Waals surface area contributed by atoms with Gasteiger partial charge in [-0.05, 0) is 12.1 Å². The van der Waals surface area contributed by atoms with Crippen LogP contribution < -0.4 is 0 Å². The lowest BCUT2D eigenvalue weighted by atomic mass is 10.3. The molecular weight excluding hydrogens is 180 g/mol. The number of methoxy groups -OCH3 is 1. The number of rotatable bonds is 6. The molecule has 0 aliphatic rings. The first-order valence-corrected chi connectivity index (χ1v) is 4.45. The van der Waals surface area contributed by atoms with Crippen molar-refractivity contribution in [1.29, 1.82) is 0 Å². The molecular formula is C10H14N2O2. The van der Waals surface area contributed by atoms with Gasteiger partial charge < -0.3 is 9.64 Å². The Morgan fingerprint density at radius 1 is 1.57 bits per heavy atom. The van der Waals surface area contributed by atoms with E-state index in [2.05, 4.69) is 4.98 Å². The fourth-order valence-electron chi connectivity index (χ4n) is 1.08. The van der Waals surface area contributed by atoms with Crippen molar-refractivity contribution in [1.82, 2.24) is 9.88 Å². The zero-order valence-electron chi connectivity index (χ0n) is 8.22. The molecule has 0 N–H and O–H groups in total. The van der Waals surface area contributed by atoms with E-state index >= 15 is 0 Å². The van der Waals surface area contributed by atoms with Gasteiger partial charge in [0.05, 0.1) is 18.8 Å². The Hall–Kier alpha value is -1.42.